The van der Waals surface area contributed by atoms with E-state index in [1.807, 2.05) is 36.4 Å². The van der Waals surface area contributed by atoms with Gasteiger partial charge in [-0.25, -0.2) is 0 Å². The standard InChI is InChI=1S/C10H14.C8H8/c1-3-9(2)10-7-5-4-6-8-10;1-2-8-6-4-3-5-7-8/h4-9H,3H2,1-2H3;2-7H,1H2. The first-order valence-electron chi connectivity index (χ1n) is 6.50. The summed E-state index contributed by atoms with van der Waals surface area (Å²) in [6.07, 6.45) is 3.06. The fourth-order valence-electron chi connectivity index (χ4n) is 1.61. The zero-order valence-electron chi connectivity index (χ0n) is 11.3. The lowest BCUT2D eigenvalue weighted by molar-refractivity contribution is 0.733. The molecule has 2 aromatic rings. The Hall–Kier alpha value is -1.82. The molecular formula is C18H22. The van der Waals surface area contributed by atoms with E-state index < -0.39 is 0 Å². The molecule has 2 aromatic carbocycles. The summed E-state index contributed by atoms with van der Waals surface area (Å²) in [6.45, 7) is 8.11. The third kappa shape index (κ3) is 5.01. The van der Waals surface area contributed by atoms with Gasteiger partial charge in [-0.15, -0.1) is 0 Å². The van der Waals surface area contributed by atoms with Gasteiger partial charge in [0.2, 0.25) is 0 Å². The van der Waals surface area contributed by atoms with E-state index in [4.69, 9.17) is 0 Å². The number of hydrogen-bond donors (Lipinski definition) is 0. The number of hydrogen-bond acceptors (Lipinski definition) is 0. The molecule has 94 valence electrons. The first-order chi connectivity index (χ1) is 8.77. The Morgan fingerprint density at radius 2 is 1.44 bits per heavy atom. The Labute approximate surface area is 111 Å². The van der Waals surface area contributed by atoms with Crippen molar-refractivity contribution >= 4 is 6.08 Å². The normalized spacial score (nSPS) is 11.0. The highest BCUT2D eigenvalue weighted by Gasteiger charge is 1.98. The minimum Gasteiger partial charge on any atom is -0.0985 e. The first-order valence-corrected chi connectivity index (χ1v) is 6.50. The summed E-state index contributed by atoms with van der Waals surface area (Å²) >= 11 is 0. The van der Waals surface area contributed by atoms with Crippen molar-refractivity contribution in [1.82, 2.24) is 0 Å². The van der Waals surface area contributed by atoms with Gasteiger partial charge in [-0.3, -0.25) is 0 Å². The van der Waals surface area contributed by atoms with E-state index in [9.17, 15) is 0 Å². The fourth-order valence-corrected chi connectivity index (χ4v) is 1.61. The van der Waals surface area contributed by atoms with Crippen LogP contribution in [0.3, 0.4) is 0 Å². The first kappa shape index (κ1) is 14.2. The summed E-state index contributed by atoms with van der Waals surface area (Å²) in [6, 6.07) is 20.7. The third-order valence-electron chi connectivity index (χ3n) is 3.02. The molecule has 0 fully saturated rings. The van der Waals surface area contributed by atoms with Gasteiger partial charge >= 0.3 is 0 Å². The lowest BCUT2D eigenvalue weighted by Crippen LogP contribution is -1.88. The molecule has 2 rings (SSSR count). The van der Waals surface area contributed by atoms with Crippen molar-refractivity contribution in [3.05, 3.63) is 78.4 Å². The molecule has 0 heterocycles. The Bertz CT molecular complexity index is 428. The minimum atomic E-state index is 0.709. The van der Waals surface area contributed by atoms with Gasteiger partial charge in [-0.1, -0.05) is 87.2 Å². The SMILES string of the molecule is C=Cc1ccccc1.CCC(C)c1ccccc1. The van der Waals surface area contributed by atoms with Gasteiger partial charge in [-0.05, 0) is 23.5 Å². The molecule has 0 heteroatoms. The Morgan fingerprint density at radius 3 is 1.83 bits per heavy atom. The Kier molecular flexibility index (Phi) is 6.56. The average Bonchev–Trinajstić information content (AvgIpc) is 2.49. The Balaban J connectivity index is 0.000000184. The summed E-state index contributed by atoms with van der Waals surface area (Å²) < 4.78 is 0. The number of rotatable bonds is 3. The molecule has 0 aromatic heterocycles. The van der Waals surface area contributed by atoms with Crippen molar-refractivity contribution in [1.29, 1.82) is 0 Å². The summed E-state index contributed by atoms with van der Waals surface area (Å²) in [5.41, 5.74) is 2.62. The average molecular weight is 238 g/mol. The van der Waals surface area contributed by atoms with Crippen molar-refractivity contribution in [3.8, 4) is 0 Å². The van der Waals surface area contributed by atoms with Crippen LogP contribution >= 0.6 is 0 Å². The van der Waals surface area contributed by atoms with Gasteiger partial charge in [-0.2, -0.15) is 0 Å². The molecule has 1 unspecified atom stereocenters. The highest BCUT2D eigenvalue weighted by atomic mass is 14.0. The summed E-state index contributed by atoms with van der Waals surface area (Å²) in [5, 5.41) is 0. The largest absolute Gasteiger partial charge is 0.0985 e. The smallest absolute Gasteiger partial charge is 0.0193 e. The molecule has 0 saturated heterocycles. The minimum absolute atomic E-state index is 0.709. The van der Waals surface area contributed by atoms with Gasteiger partial charge < -0.3 is 0 Å². The second kappa shape index (κ2) is 8.30. The Morgan fingerprint density at radius 1 is 0.944 bits per heavy atom. The topological polar surface area (TPSA) is 0 Å². The van der Waals surface area contributed by atoms with E-state index >= 15 is 0 Å². The maximum absolute atomic E-state index is 3.63. The molecule has 0 saturated carbocycles. The van der Waals surface area contributed by atoms with E-state index in [-0.39, 0.29) is 0 Å². The predicted octanol–water partition coefficient (Wildman–Crippen LogP) is 5.53. The van der Waals surface area contributed by atoms with Crippen LogP contribution in [0.15, 0.2) is 67.2 Å². The van der Waals surface area contributed by atoms with Gasteiger partial charge in [0.25, 0.3) is 0 Å². The molecular weight excluding hydrogens is 216 g/mol. The summed E-state index contributed by atoms with van der Waals surface area (Å²) in [7, 11) is 0. The lowest BCUT2D eigenvalue weighted by atomic mass is 9.99. The van der Waals surface area contributed by atoms with Crippen LogP contribution in [0.25, 0.3) is 6.08 Å². The van der Waals surface area contributed by atoms with Crippen LogP contribution in [0, 0.1) is 0 Å². The van der Waals surface area contributed by atoms with Gasteiger partial charge in [0.1, 0.15) is 0 Å². The lowest BCUT2D eigenvalue weighted by Gasteiger charge is -2.06. The maximum Gasteiger partial charge on any atom is -0.0193 e. The van der Waals surface area contributed by atoms with Crippen LogP contribution in [0.2, 0.25) is 0 Å². The fraction of sp³-hybridized carbons (Fsp3) is 0.222. The van der Waals surface area contributed by atoms with Crippen molar-refractivity contribution < 1.29 is 0 Å². The van der Waals surface area contributed by atoms with Crippen LogP contribution in [0.1, 0.15) is 37.3 Å². The van der Waals surface area contributed by atoms with Crippen LogP contribution < -0.4 is 0 Å². The van der Waals surface area contributed by atoms with Crippen LogP contribution in [0.5, 0.6) is 0 Å². The zero-order chi connectivity index (χ0) is 13.2. The predicted molar refractivity (Wildman–Crippen MR) is 81.7 cm³/mol. The second-order valence-electron chi connectivity index (χ2n) is 4.33. The van der Waals surface area contributed by atoms with E-state index in [2.05, 4.69) is 50.8 Å². The quantitative estimate of drug-likeness (QED) is 0.659. The van der Waals surface area contributed by atoms with Crippen LogP contribution in [0.4, 0.5) is 0 Å². The van der Waals surface area contributed by atoms with E-state index in [1.165, 1.54) is 17.5 Å². The van der Waals surface area contributed by atoms with Crippen molar-refractivity contribution in [3.63, 3.8) is 0 Å². The highest BCUT2D eigenvalue weighted by Crippen LogP contribution is 2.16. The highest BCUT2D eigenvalue weighted by molar-refractivity contribution is 5.45. The van der Waals surface area contributed by atoms with Crippen molar-refractivity contribution in [2.24, 2.45) is 0 Å². The van der Waals surface area contributed by atoms with E-state index in [0.29, 0.717) is 5.92 Å². The maximum atomic E-state index is 3.63. The van der Waals surface area contributed by atoms with Gasteiger partial charge in [0, 0.05) is 0 Å². The zero-order valence-corrected chi connectivity index (χ0v) is 11.3. The molecule has 0 bridgehead atoms. The monoisotopic (exact) mass is 238 g/mol. The van der Waals surface area contributed by atoms with Crippen molar-refractivity contribution in [2.75, 3.05) is 0 Å². The second-order valence-corrected chi connectivity index (χ2v) is 4.33. The van der Waals surface area contributed by atoms with Crippen LogP contribution in [-0.4, -0.2) is 0 Å². The van der Waals surface area contributed by atoms with Gasteiger partial charge in [0.15, 0.2) is 0 Å². The molecule has 0 aliphatic carbocycles. The summed E-state index contributed by atoms with van der Waals surface area (Å²) in [5.74, 6) is 0.709. The molecule has 0 N–H and O–H groups in total. The third-order valence-corrected chi connectivity index (χ3v) is 3.02. The molecule has 0 radical (unpaired) electrons. The van der Waals surface area contributed by atoms with E-state index in [1.54, 1.807) is 0 Å². The summed E-state index contributed by atoms with van der Waals surface area (Å²) in [4.78, 5) is 0. The molecule has 0 nitrogen and oxygen atoms in total. The van der Waals surface area contributed by atoms with Gasteiger partial charge in [0.05, 0.1) is 0 Å². The molecule has 0 aliphatic heterocycles. The van der Waals surface area contributed by atoms with E-state index in [0.717, 1.165) is 0 Å². The molecule has 0 aliphatic rings. The van der Waals surface area contributed by atoms with Crippen LogP contribution in [-0.2, 0) is 0 Å². The number of benzene rings is 2. The van der Waals surface area contributed by atoms with Crippen molar-refractivity contribution in [2.45, 2.75) is 26.2 Å². The molecule has 0 amide bonds. The molecule has 1 atom stereocenters. The molecule has 18 heavy (non-hydrogen) atoms. The molecule has 0 spiro atoms.